The van der Waals surface area contributed by atoms with E-state index in [2.05, 4.69) is 12.7 Å². The van der Waals surface area contributed by atoms with Gasteiger partial charge in [-0.2, -0.15) is 11.8 Å². The van der Waals surface area contributed by atoms with Crippen LogP contribution in [0.3, 0.4) is 0 Å². The average molecular weight is 129 g/mol. The van der Waals surface area contributed by atoms with Gasteiger partial charge in [-0.05, 0) is 24.5 Å². The molecular weight excluding hydrogens is 116 g/mol. The fourth-order valence-corrected chi connectivity index (χ4v) is 2.19. The second-order valence-electron chi connectivity index (χ2n) is 2.34. The Bertz CT molecular complexity index is 55.4. The highest BCUT2D eigenvalue weighted by Crippen LogP contribution is 2.31. The minimum absolute atomic E-state index is 0.949. The fraction of sp³-hybridized carbons (Fsp3) is 0.857. The molecule has 1 radical (unpaired) electrons. The first-order chi connectivity index (χ1) is 3.93. The van der Waals surface area contributed by atoms with Gasteiger partial charge in [0.05, 0.1) is 0 Å². The second-order valence-corrected chi connectivity index (χ2v) is 3.36. The summed E-state index contributed by atoms with van der Waals surface area (Å²) in [6, 6.07) is 0. The van der Waals surface area contributed by atoms with Crippen molar-refractivity contribution in [1.82, 2.24) is 0 Å². The lowest BCUT2D eigenvalue weighted by Gasteiger charge is -2.01. The van der Waals surface area contributed by atoms with Gasteiger partial charge in [0.1, 0.15) is 0 Å². The first kappa shape index (κ1) is 6.47. The Morgan fingerprint density at radius 3 is 3.12 bits per heavy atom. The second kappa shape index (κ2) is 3.39. The van der Waals surface area contributed by atoms with Crippen LogP contribution in [0.5, 0.6) is 0 Å². The van der Waals surface area contributed by atoms with Gasteiger partial charge in [0.25, 0.3) is 0 Å². The molecule has 1 aliphatic heterocycles. The molecule has 0 saturated carbocycles. The molecular formula is C7H13S. The van der Waals surface area contributed by atoms with Crippen molar-refractivity contribution >= 4 is 11.8 Å². The predicted molar refractivity (Wildman–Crippen MR) is 39.8 cm³/mol. The molecule has 0 aromatic carbocycles. The Kier molecular flexibility index (Phi) is 2.74. The fourth-order valence-electron chi connectivity index (χ4n) is 1.07. The van der Waals surface area contributed by atoms with E-state index >= 15 is 0 Å². The van der Waals surface area contributed by atoms with Gasteiger partial charge in [-0.25, -0.2) is 0 Å². The Morgan fingerprint density at radius 2 is 2.62 bits per heavy atom. The first-order valence-electron chi connectivity index (χ1n) is 3.38. The maximum absolute atomic E-state index is 2.41. The maximum Gasteiger partial charge on any atom is 0.0197 e. The average Bonchev–Trinajstić information content (AvgIpc) is 2.19. The molecule has 0 aromatic heterocycles. The Balaban J connectivity index is 2.06. The summed E-state index contributed by atoms with van der Waals surface area (Å²) in [5.74, 6) is 4.72. The van der Waals surface area contributed by atoms with Crippen LogP contribution in [0.25, 0.3) is 0 Å². The van der Waals surface area contributed by atoms with Crippen LogP contribution in [-0.4, -0.2) is 5.75 Å². The smallest absolute Gasteiger partial charge is 0.0197 e. The molecule has 0 amide bonds. The van der Waals surface area contributed by atoms with E-state index in [-0.39, 0.29) is 0 Å². The van der Waals surface area contributed by atoms with Crippen molar-refractivity contribution in [2.24, 2.45) is 5.92 Å². The van der Waals surface area contributed by atoms with Crippen molar-refractivity contribution in [3.05, 3.63) is 5.75 Å². The number of rotatable bonds is 2. The van der Waals surface area contributed by atoms with Gasteiger partial charge in [-0.1, -0.05) is 13.3 Å². The van der Waals surface area contributed by atoms with E-state index in [1.165, 1.54) is 25.0 Å². The van der Waals surface area contributed by atoms with Crippen molar-refractivity contribution in [3.63, 3.8) is 0 Å². The molecule has 1 saturated heterocycles. The van der Waals surface area contributed by atoms with Crippen LogP contribution in [-0.2, 0) is 0 Å². The van der Waals surface area contributed by atoms with Crippen molar-refractivity contribution in [2.75, 3.05) is 5.75 Å². The Labute approximate surface area is 56.0 Å². The summed E-state index contributed by atoms with van der Waals surface area (Å²) in [7, 11) is 0. The van der Waals surface area contributed by atoms with E-state index in [1.54, 1.807) is 0 Å². The van der Waals surface area contributed by atoms with Gasteiger partial charge in [0.2, 0.25) is 0 Å². The molecule has 1 atom stereocenters. The summed E-state index contributed by atoms with van der Waals surface area (Å²) in [5, 5.41) is 0. The van der Waals surface area contributed by atoms with Crippen LogP contribution in [0.4, 0.5) is 0 Å². The third kappa shape index (κ3) is 1.70. The summed E-state index contributed by atoms with van der Waals surface area (Å²) in [6.45, 7) is 2.26. The summed E-state index contributed by atoms with van der Waals surface area (Å²) in [6.07, 6.45) is 4.19. The van der Waals surface area contributed by atoms with E-state index in [1.807, 2.05) is 11.8 Å². The molecule has 1 heterocycles. The third-order valence-electron chi connectivity index (χ3n) is 1.55. The zero-order valence-electron chi connectivity index (χ0n) is 5.39. The van der Waals surface area contributed by atoms with Gasteiger partial charge in [-0.15, -0.1) is 0 Å². The maximum atomic E-state index is 2.41. The van der Waals surface area contributed by atoms with E-state index < -0.39 is 0 Å². The van der Waals surface area contributed by atoms with E-state index in [0.717, 1.165) is 5.92 Å². The summed E-state index contributed by atoms with van der Waals surface area (Å²) >= 11 is 2.00. The van der Waals surface area contributed by atoms with Crippen LogP contribution in [0.1, 0.15) is 26.2 Å². The summed E-state index contributed by atoms with van der Waals surface area (Å²) in [4.78, 5) is 0. The van der Waals surface area contributed by atoms with Crippen molar-refractivity contribution in [1.29, 1.82) is 0 Å². The molecule has 1 fully saturated rings. The highest BCUT2D eigenvalue weighted by molar-refractivity contribution is 8.01. The zero-order chi connectivity index (χ0) is 5.82. The van der Waals surface area contributed by atoms with Gasteiger partial charge in [0, 0.05) is 5.75 Å². The normalized spacial score (nSPS) is 28.9. The first-order valence-corrected chi connectivity index (χ1v) is 4.43. The molecule has 0 nitrogen and oxygen atoms in total. The molecule has 0 aliphatic carbocycles. The molecule has 0 N–H and O–H groups in total. The summed E-state index contributed by atoms with van der Waals surface area (Å²) < 4.78 is 0. The molecule has 0 spiro atoms. The SMILES string of the molecule is CCCC1[CH]SCC1. The van der Waals surface area contributed by atoms with Crippen LogP contribution in [0, 0.1) is 11.7 Å². The monoisotopic (exact) mass is 129 g/mol. The largest absolute Gasteiger partial charge is 0.157 e. The molecule has 1 heteroatoms. The number of hydrogen-bond acceptors (Lipinski definition) is 1. The molecule has 1 rings (SSSR count). The molecule has 1 aliphatic rings. The lowest BCUT2D eigenvalue weighted by molar-refractivity contribution is 0.569. The molecule has 1 unspecified atom stereocenters. The Hall–Kier alpha value is 0.350. The highest BCUT2D eigenvalue weighted by atomic mass is 32.2. The van der Waals surface area contributed by atoms with Crippen molar-refractivity contribution in [2.45, 2.75) is 26.2 Å². The van der Waals surface area contributed by atoms with E-state index in [9.17, 15) is 0 Å². The zero-order valence-corrected chi connectivity index (χ0v) is 6.21. The van der Waals surface area contributed by atoms with Gasteiger partial charge < -0.3 is 0 Å². The minimum Gasteiger partial charge on any atom is -0.157 e. The third-order valence-corrected chi connectivity index (χ3v) is 2.60. The van der Waals surface area contributed by atoms with Gasteiger partial charge in [-0.3, -0.25) is 0 Å². The molecule has 0 bridgehead atoms. The van der Waals surface area contributed by atoms with E-state index in [4.69, 9.17) is 0 Å². The summed E-state index contributed by atoms with van der Waals surface area (Å²) in [5.41, 5.74) is 0. The number of thioether (sulfide) groups is 1. The van der Waals surface area contributed by atoms with Crippen LogP contribution in [0.2, 0.25) is 0 Å². The lowest BCUT2D eigenvalue weighted by atomic mass is 10.0. The van der Waals surface area contributed by atoms with Crippen LogP contribution >= 0.6 is 11.8 Å². The van der Waals surface area contributed by atoms with Crippen molar-refractivity contribution in [3.8, 4) is 0 Å². The van der Waals surface area contributed by atoms with Gasteiger partial charge in [0.15, 0.2) is 0 Å². The Morgan fingerprint density at radius 1 is 1.75 bits per heavy atom. The van der Waals surface area contributed by atoms with Crippen LogP contribution < -0.4 is 0 Å². The van der Waals surface area contributed by atoms with Crippen molar-refractivity contribution < 1.29 is 0 Å². The topological polar surface area (TPSA) is 0 Å². The standard InChI is InChI=1S/C7H13S/c1-2-3-7-4-5-8-6-7/h6-7H,2-5H2,1H3. The molecule has 47 valence electrons. The molecule has 8 heavy (non-hydrogen) atoms. The van der Waals surface area contributed by atoms with E-state index in [0.29, 0.717) is 0 Å². The minimum atomic E-state index is 0.949. The van der Waals surface area contributed by atoms with Gasteiger partial charge >= 0.3 is 0 Å². The number of hydrogen-bond donors (Lipinski definition) is 0. The predicted octanol–water partition coefficient (Wildman–Crippen LogP) is 2.70. The quantitative estimate of drug-likeness (QED) is 0.552. The molecule has 0 aromatic rings. The highest BCUT2D eigenvalue weighted by Gasteiger charge is 2.13. The van der Waals surface area contributed by atoms with Crippen LogP contribution in [0.15, 0.2) is 0 Å². The lowest BCUT2D eigenvalue weighted by Crippen LogP contribution is -1.90.